The third kappa shape index (κ3) is 2.09. The Morgan fingerprint density at radius 3 is 2.92 bits per heavy atom. The van der Waals surface area contributed by atoms with Crippen LogP contribution in [0.3, 0.4) is 0 Å². The second kappa shape index (κ2) is 4.27. The van der Waals surface area contributed by atoms with Gasteiger partial charge in [-0.05, 0) is 0 Å². The molecule has 70 valence electrons. The molecule has 1 heterocycles. The van der Waals surface area contributed by atoms with Crippen LogP contribution in [0, 0.1) is 0 Å². The van der Waals surface area contributed by atoms with E-state index in [0.29, 0.717) is 13.2 Å². The van der Waals surface area contributed by atoms with Gasteiger partial charge in [-0.25, -0.2) is 4.79 Å². The third-order valence-electron chi connectivity index (χ3n) is 1.87. The lowest BCUT2D eigenvalue weighted by molar-refractivity contribution is 0.0745. The number of rotatable bonds is 2. The molecular weight excluding hydrogens is 160 g/mol. The summed E-state index contributed by atoms with van der Waals surface area (Å²) in [6, 6.07) is -0.234. The molecule has 2 N–H and O–H groups in total. The van der Waals surface area contributed by atoms with Crippen molar-refractivity contribution in [3.63, 3.8) is 0 Å². The molecule has 0 unspecified atom stereocenters. The third-order valence-corrected chi connectivity index (χ3v) is 1.87. The van der Waals surface area contributed by atoms with Crippen LogP contribution in [0.2, 0.25) is 0 Å². The van der Waals surface area contributed by atoms with Crippen LogP contribution in [0.4, 0.5) is 4.79 Å². The van der Waals surface area contributed by atoms with E-state index in [4.69, 9.17) is 9.47 Å². The molecule has 1 rings (SSSR count). The van der Waals surface area contributed by atoms with Gasteiger partial charge in [0.2, 0.25) is 0 Å². The topological polar surface area (TPSA) is 59.6 Å². The van der Waals surface area contributed by atoms with Crippen molar-refractivity contribution in [2.45, 2.75) is 12.1 Å². The molecule has 0 aromatic carbocycles. The summed E-state index contributed by atoms with van der Waals surface area (Å²) in [7, 11) is 3.19. The number of amides is 2. The van der Waals surface area contributed by atoms with Gasteiger partial charge in [-0.1, -0.05) is 0 Å². The van der Waals surface area contributed by atoms with Crippen LogP contribution in [0.25, 0.3) is 0 Å². The van der Waals surface area contributed by atoms with Gasteiger partial charge in [-0.15, -0.1) is 0 Å². The van der Waals surface area contributed by atoms with Crippen molar-refractivity contribution in [3.8, 4) is 0 Å². The molecule has 0 aromatic rings. The Labute approximate surface area is 71.4 Å². The average molecular weight is 174 g/mol. The van der Waals surface area contributed by atoms with Crippen molar-refractivity contribution in [1.82, 2.24) is 10.6 Å². The summed E-state index contributed by atoms with van der Waals surface area (Å²) in [6.45, 7) is 1.07. The summed E-state index contributed by atoms with van der Waals surface area (Å²) in [4.78, 5) is 10.9. The highest BCUT2D eigenvalue weighted by Gasteiger charge is 2.28. The van der Waals surface area contributed by atoms with Crippen molar-refractivity contribution in [2.75, 3.05) is 27.4 Å². The number of nitrogens with one attached hydrogen (secondary N) is 2. The van der Waals surface area contributed by atoms with E-state index in [9.17, 15) is 4.79 Å². The molecule has 0 bridgehead atoms. The summed E-state index contributed by atoms with van der Waals surface area (Å²) in [5.74, 6) is 0. The second-order valence-corrected chi connectivity index (χ2v) is 2.64. The summed E-state index contributed by atoms with van der Waals surface area (Å²) in [6.07, 6.45) is -0.0256. The molecule has 12 heavy (non-hydrogen) atoms. The molecule has 5 nitrogen and oxygen atoms in total. The first-order valence-electron chi connectivity index (χ1n) is 3.86. The smallest absolute Gasteiger partial charge is 0.314 e. The predicted molar refractivity (Wildman–Crippen MR) is 43.0 cm³/mol. The van der Waals surface area contributed by atoms with Crippen molar-refractivity contribution in [2.24, 2.45) is 0 Å². The fourth-order valence-electron chi connectivity index (χ4n) is 1.14. The Morgan fingerprint density at radius 2 is 2.33 bits per heavy atom. The fraction of sp³-hybridized carbons (Fsp3) is 0.857. The summed E-state index contributed by atoms with van der Waals surface area (Å²) in [5, 5.41) is 5.20. The summed E-state index contributed by atoms with van der Waals surface area (Å²) >= 11 is 0. The zero-order valence-corrected chi connectivity index (χ0v) is 7.29. The number of methoxy groups -OCH3 is 1. The Morgan fingerprint density at radius 1 is 1.58 bits per heavy atom. The Hall–Kier alpha value is -0.810. The molecule has 1 saturated heterocycles. The maximum absolute atomic E-state index is 10.9. The SMILES string of the molecule is CNC(=O)N[C@H]1COC[C@@H]1OC. The standard InChI is InChI=1S/C7H14N2O3/c1-8-7(10)9-5-3-12-4-6(5)11-2/h5-6H,3-4H2,1-2H3,(H2,8,9,10)/t5-,6-/m0/s1. The van der Waals surface area contributed by atoms with Crippen LogP contribution in [-0.2, 0) is 9.47 Å². The highest BCUT2D eigenvalue weighted by atomic mass is 16.5. The van der Waals surface area contributed by atoms with E-state index in [-0.39, 0.29) is 18.2 Å². The lowest BCUT2D eigenvalue weighted by atomic mass is 10.2. The molecule has 0 spiro atoms. The molecule has 2 atom stereocenters. The van der Waals surface area contributed by atoms with Crippen molar-refractivity contribution >= 4 is 6.03 Å². The van der Waals surface area contributed by atoms with E-state index in [1.807, 2.05) is 0 Å². The molecule has 2 amide bonds. The number of hydrogen-bond acceptors (Lipinski definition) is 3. The van der Waals surface area contributed by atoms with Gasteiger partial charge < -0.3 is 20.1 Å². The van der Waals surface area contributed by atoms with Gasteiger partial charge in [0.1, 0.15) is 6.10 Å². The summed E-state index contributed by atoms with van der Waals surface area (Å²) < 4.78 is 10.2. The molecule has 0 aliphatic carbocycles. The first-order chi connectivity index (χ1) is 5.77. The molecule has 0 aromatic heterocycles. The number of hydrogen-bond donors (Lipinski definition) is 2. The average Bonchev–Trinajstić information content (AvgIpc) is 2.51. The van der Waals surface area contributed by atoms with Crippen LogP contribution in [-0.4, -0.2) is 45.5 Å². The number of carbonyl (C=O) groups is 1. The maximum Gasteiger partial charge on any atom is 0.314 e. The second-order valence-electron chi connectivity index (χ2n) is 2.64. The zero-order chi connectivity index (χ0) is 8.97. The van der Waals surface area contributed by atoms with Crippen LogP contribution in [0.15, 0.2) is 0 Å². The van der Waals surface area contributed by atoms with E-state index in [2.05, 4.69) is 10.6 Å². The lowest BCUT2D eigenvalue weighted by Crippen LogP contribution is -2.46. The molecule has 1 aliphatic heterocycles. The number of urea groups is 1. The first kappa shape index (κ1) is 9.28. The van der Waals surface area contributed by atoms with E-state index >= 15 is 0 Å². The minimum absolute atomic E-state index is 0.0256. The van der Waals surface area contributed by atoms with Gasteiger partial charge >= 0.3 is 6.03 Å². The molecule has 1 fully saturated rings. The Bertz CT molecular complexity index is 163. The van der Waals surface area contributed by atoms with Gasteiger partial charge in [0.15, 0.2) is 0 Å². The number of ether oxygens (including phenoxy) is 2. The van der Waals surface area contributed by atoms with Crippen LogP contribution in [0.5, 0.6) is 0 Å². The normalized spacial score (nSPS) is 28.5. The monoisotopic (exact) mass is 174 g/mol. The van der Waals surface area contributed by atoms with Gasteiger partial charge in [0.25, 0.3) is 0 Å². The molecule has 5 heteroatoms. The Balaban J connectivity index is 2.35. The van der Waals surface area contributed by atoms with E-state index < -0.39 is 0 Å². The van der Waals surface area contributed by atoms with Gasteiger partial charge in [0, 0.05) is 14.2 Å². The van der Waals surface area contributed by atoms with Gasteiger partial charge in [-0.2, -0.15) is 0 Å². The highest BCUT2D eigenvalue weighted by molar-refractivity contribution is 5.73. The highest BCUT2D eigenvalue weighted by Crippen LogP contribution is 2.08. The molecular formula is C7H14N2O3. The van der Waals surface area contributed by atoms with E-state index in [0.717, 1.165) is 0 Å². The minimum Gasteiger partial charge on any atom is -0.377 e. The fourth-order valence-corrected chi connectivity index (χ4v) is 1.14. The largest absolute Gasteiger partial charge is 0.377 e. The molecule has 1 aliphatic rings. The van der Waals surface area contributed by atoms with Gasteiger partial charge in [0.05, 0.1) is 19.3 Å². The molecule has 0 saturated carbocycles. The van der Waals surface area contributed by atoms with Gasteiger partial charge in [-0.3, -0.25) is 0 Å². The zero-order valence-electron chi connectivity index (χ0n) is 7.29. The molecule has 0 radical (unpaired) electrons. The van der Waals surface area contributed by atoms with Crippen LogP contribution in [0.1, 0.15) is 0 Å². The quantitative estimate of drug-likeness (QED) is 0.583. The Kier molecular flexibility index (Phi) is 3.31. The summed E-state index contributed by atoms with van der Waals surface area (Å²) in [5.41, 5.74) is 0. The first-order valence-corrected chi connectivity index (χ1v) is 3.86. The predicted octanol–water partition coefficient (Wildman–Crippen LogP) is -0.671. The lowest BCUT2D eigenvalue weighted by Gasteiger charge is -2.16. The van der Waals surface area contributed by atoms with Crippen LogP contribution < -0.4 is 10.6 Å². The van der Waals surface area contributed by atoms with Crippen LogP contribution >= 0.6 is 0 Å². The minimum atomic E-state index is -0.201. The maximum atomic E-state index is 10.9. The van der Waals surface area contributed by atoms with E-state index in [1.54, 1.807) is 14.2 Å². The van der Waals surface area contributed by atoms with Crippen molar-refractivity contribution < 1.29 is 14.3 Å². The van der Waals surface area contributed by atoms with E-state index in [1.165, 1.54) is 0 Å². The number of carbonyl (C=O) groups excluding carboxylic acids is 1. The van der Waals surface area contributed by atoms with Crippen molar-refractivity contribution in [3.05, 3.63) is 0 Å². The van der Waals surface area contributed by atoms with Crippen molar-refractivity contribution in [1.29, 1.82) is 0 Å².